The van der Waals surface area contributed by atoms with Gasteiger partial charge in [0.15, 0.2) is 6.61 Å². The lowest BCUT2D eigenvalue weighted by atomic mass is 10.3. The van der Waals surface area contributed by atoms with Crippen molar-refractivity contribution < 1.29 is 22.3 Å². The van der Waals surface area contributed by atoms with Crippen molar-refractivity contribution in [2.45, 2.75) is 12.3 Å². The molecule has 0 N–H and O–H groups in total. The second-order valence-corrected chi connectivity index (χ2v) is 4.22. The molecule has 0 saturated carbocycles. The molecule has 7 heteroatoms. The largest absolute Gasteiger partial charge is 0.486 e. The van der Waals surface area contributed by atoms with Crippen molar-refractivity contribution in [2.24, 2.45) is 0 Å². The number of alkyl halides is 4. The zero-order chi connectivity index (χ0) is 12.3. The van der Waals surface area contributed by atoms with Gasteiger partial charge in [-0.05, 0) is 34.1 Å². The highest BCUT2D eigenvalue weighted by atomic mass is 79.9. The minimum Gasteiger partial charge on any atom is -0.486 e. The number of benzene rings is 1. The van der Waals surface area contributed by atoms with Crippen molar-refractivity contribution in [3.8, 4) is 5.75 Å². The minimum atomic E-state index is -4.18. The van der Waals surface area contributed by atoms with Crippen LogP contribution in [0.1, 0.15) is 0 Å². The number of ether oxygens (including phenoxy) is 1. The highest BCUT2D eigenvalue weighted by Gasteiger charge is 2.41. The van der Waals surface area contributed by atoms with Crippen LogP contribution in [-0.4, -0.2) is 19.0 Å². The normalized spacial score (nSPS) is 11.9. The Morgan fingerprint density at radius 3 is 2.56 bits per heavy atom. The van der Waals surface area contributed by atoms with Crippen LogP contribution in [0.5, 0.6) is 5.75 Å². The summed E-state index contributed by atoms with van der Waals surface area (Å²) in [5.74, 6) is -4.19. The SMILES string of the molecule is FC(F)C(F)(F)COc1cc(Cl)ccc1Br. The van der Waals surface area contributed by atoms with Crippen molar-refractivity contribution in [3.05, 3.63) is 27.7 Å². The maximum Gasteiger partial charge on any atom is 0.340 e. The Hall–Kier alpha value is -0.490. The van der Waals surface area contributed by atoms with Crippen LogP contribution in [0.3, 0.4) is 0 Å². The molecule has 1 aromatic carbocycles. The van der Waals surface area contributed by atoms with Crippen LogP contribution in [0, 0.1) is 0 Å². The monoisotopic (exact) mass is 320 g/mol. The van der Waals surface area contributed by atoms with E-state index in [4.69, 9.17) is 11.6 Å². The molecule has 0 unspecified atom stereocenters. The third-order valence-corrected chi connectivity index (χ3v) is 2.52. The average Bonchev–Trinajstić information content (AvgIpc) is 2.19. The Morgan fingerprint density at radius 2 is 2.00 bits per heavy atom. The average molecular weight is 321 g/mol. The topological polar surface area (TPSA) is 9.23 Å². The minimum absolute atomic E-state index is 0.00664. The molecule has 0 aliphatic carbocycles. The Morgan fingerprint density at radius 1 is 1.38 bits per heavy atom. The molecule has 0 aliphatic heterocycles. The molecule has 0 fully saturated rings. The molecule has 0 radical (unpaired) electrons. The fourth-order valence-electron chi connectivity index (χ4n) is 0.825. The molecule has 0 aliphatic rings. The number of hydrogen-bond donors (Lipinski definition) is 0. The molecule has 0 bridgehead atoms. The van der Waals surface area contributed by atoms with Gasteiger partial charge in [0, 0.05) is 5.02 Å². The first-order valence-electron chi connectivity index (χ1n) is 4.07. The quantitative estimate of drug-likeness (QED) is 0.748. The fraction of sp³-hybridized carbons (Fsp3) is 0.333. The molecule has 0 heterocycles. The van der Waals surface area contributed by atoms with Gasteiger partial charge in [-0.15, -0.1) is 0 Å². The maximum absolute atomic E-state index is 12.5. The second kappa shape index (κ2) is 5.23. The van der Waals surface area contributed by atoms with Gasteiger partial charge in [-0.25, -0.2) is 8.78 Å². The first kappa shape index (κ1) is 13.6. The van der Waals surface area contributed by atoms with Crippen LogP contribution in [-0.2, 0) is 0 Å². The molecule has 0 aromatic heterocycles. The fourth-order valence-corrected chi connectivity index (χ4v) is 1.35. The summed E-state index contributed by atoms with van der Waals surface area (Å²) in [5.41, 5.74) is 0. The van der Waals surface area contributed by atoms with Gasteiger partial charge in [0.2, 0.25) is 0 Å². The van der Waals surface area contributed by atoms with E-state index >= 15 is 0 Å². The van der Waals surface area contributed by atoms with E-state index in [1.165, 1.54) is 18.2 Å². The van der Waals surface area contributed by atoms with Crippen molar-refractivity contribution in [1.29, 1.82) is 0 Å². The summed E-state index contributed by atoms with van der Waals surface area (Å²) in [4.78, 5) is 0. The molecule has 0 saturated heterocycles. The highest BCUT2D eigenvalue weighted by Crippen LogP contribution is 2.30. The third kappa shape index (κ3) is 3.52. The van der Waals surface area contributed by atoms with Crippen LogP contribution >= 0.6 is 27.5 Å². The lowest BCUT2D eigenvalue weighted by Gasteiger charge is -2.16. The Labute approximate surface area is 102 Å². The first-order valence-corrected chi connectivity index (χ1v) is 5.24. The summed E-state index contributed by atoms with van der Waals surface area (Å²) in [6.07, 6.45) is -3.76. The van der Waals surface area contributed by atoms with E-state index < -0.39 is 19.0 Å². The molecule has 16 heavy (non-hydrogen) atoms. The van der Waals surface area contributed by atoms with Gasteiger partial charge in [0.05, 0.1) is 4.47 Å². The van der Waals surface area contributed by atoms with E-state index in [9.17, 15) is 17.6 Å². The molecule has 1 rings (SSSR count). The molecular formula is C9H6BrClF4O. The molecule has 0 atom stereocenters. The van der Waals surface area contributed by atoms with Gasteiger partial charge in [-0.1, -0.05) is 11.6 Å². The maximum atomic E-state index is 12.5. The van der Waals surface area contributed by atoms with Crippen molar-refractivity contribution in [2.75, 3.05) is 6.61 Å². The summed E-state index contributed by atoms with van der Waals surface area (Å²) < 4.78 is 53.7. The molecule has 90 valence electrons. The standard InChI is InChI=1S/C9H6BrClF4O/c10-6-2-1-5(11)3-7(6)16-4-9(14,15)8(12)13/h1-3,8H,4H2. The van der Waals surface area contributed by atoms with Gasteiger partial charge >= 0.3 is 12.3 Å². The second-order valence-electron chi connectivity index (χ2n) is 2.93. The molecule has 1 nitrogen and oxygen atoms in total. The summed E-state index contributed by atoms with van der Waals surface area (Å²) in [7, 11) is 0. The number of hydrogen-bond acceptors (Lipinski definition) is 1. The van der Waals surface area contributed by atoms with Crippen LogP contribution in [0.4, 0.5) is 17.6 Å². The van der Waals surface area contributed by atoms with Gasteiger partial charge in [0.1, 0.15) is 5.75 Å². The van der Waals surface area contributed by atoms with E-state index in [1.807, 2.05) is 0 Å². The predicted molar refractivity (Wildman–Crippen MR) is 55.6 cm³/mol. The predicted octanol–water partition coefficient (Wildman–Crippen LogP) is 4.38. The van der Waals surface area contributed by atoms with Crippen LogP contribution in [0.2, 0.25) is 5.02 Å². The van der Waals surface area contributed by atoms with Gasteiger partial charge in [-0.3, -0.25) is 0 Å². The third-order valence-electron chi connectivity index (χ3n) is 1.63. The van der Waals surface area contributed by atoms with Crippen LogP contribution in [0.15, 0.2) is 22.7 Å². The molecule has 0 amide bonds. The molecule has 1 aromatic rings. The summed E-state index contributed by atoms with van der Waals surface area (Å²) in [6, 6.07) is 4.23. The zero-order valence-electron chi connectivity index (χ0n) is 7.69. The van der Waals surface area contributed by atoms with Crippen molar-refractivity contribution in [1.82, 2.24) is 0 Å². The lowest BCUT2D eigenvalue weighted by Crippen LogP contribution is -2.33. The van der Waals surface area contributed by atoms with Crippen LogP contribution < -0.4 is 4.74 Å². The Kier molecular flexibility index (Phi) is 4.43. The highest BCUT2D eigenvalue weighted by molar-refractivity contribution is 9.10. The zero-order valence-corrected chi connectivity index (χ0v) is 10.0. The van der Waals surface area contributed by atoms with E-state index in [1.54, 1.807) is 0 Å². The van der Waals surface area contributed by atoms with Crippen molar-refractivity contribution in [3.63, 3.8) is 0 Å². The summed E-state index contributed by atoms with van der Waals surface area (Å²) in [6.45, 7) is -1.40. The van der Waals surface area contributed by atoms with E-state index in [0.717, 1.165) is 0 Å². The number of halogens is 6. The van der Waals surface area contributed by atoms with Gasteiger partial charge in [0.25, 0.3) is 0 Å². The first-order chi connectivity index (χ1) is 7.33. The molecular weight excluding hydrogens is 315 g/mol. The smallest absolute Gasteiger partial charge is 0.340 e. The van der Waals surface area contributed by atoms with E-state index in [-0.39, 0.29) is 10.8 Å². The van der Waals surface area contributed by atoms with E-state index in [2.05, 4.69) is 20.7 Å². The van der Waals surface area contributed by atoms with Crippen LogP contribution in [0.25, 0.3) is 0 Å². The number of rotatable bonds is 4. The summed E-state index contributed by atoms with van der Waals surface area (Å²) >= 11 is 8.61. The molecule has 0 spiro atoms. The van der Waals surface area contributed by atoms with Gasteiger partial charge < -0.3 is 4.74 Å². The Bertz CT molecular complexity index is 373. The lowest BCUT2D eigenvalue weighted by molar-refractivity contribution is -0.148. The van der Waals surface area contributed by atoms with Gasteiger partial charge in [-0.2, -0.15) is 8.78 Å². The van der Waals surface area contributed by atoms with E-state index in [0.29, 0.717) is 4.47 Å². The Balaban J connectivity index is 2.71. The van der Waals surface area contributed by atoms with Crippen molar-refractivity contribution >= 4 is 27.5 Å². The summed E-state index contributed by atoms with van der Waals surface area (Å²) in [5, 5.41) is 0.263.